The molecule has 0 radical (unpaired) electrons. The Morgan fingerprint density at radius 1 is 1.70 bits per heavy atom. The second-order valence-corrected chi connectivity index (χ2v) is 1.80. The van der Waals surface area contributed by atoms with E-state index in [4.69, 9.17) is 10.4 Å². The second kappa shape index (κ2) is 2.95. The summed E-state index contributed by atoms with van der Waals surface area (Å²) in [5.41, 5.74) is 1.06. The maximum absolute atomic E-state index is 8.67. The SMILES string of the molecule is N#Cc1cnccc1CO. The molecule has 0 aliphatic carbocycles. The van der Waals surface area contributed by atoms with Gasteiger partial charge in [-0.2, -0.15) is 5.26 Å². The fraction of sp³-hybridized carbons (Fsp3) is 0.143. The minimum absolute atomic E-state index is 0.106. The molecule has 0 saturated carbocycles. The van der Waals surface area contributed by atoms with Crippen LogP contribution in [-0.2, 0) is 6.61 Å². The lowest BCUT2D eigenvalue weighted by molar-refractivity contribution is 0.281. The number of pyridine rings is 1. The van der Waals surface area contributed by atoms with Gasteiger partial charge in [-0.15, -0.1) is 0 Å². The van der Waals surface area contributed by atoms with Gasteiger partial charge >= 0.3 is 0 Å². The molecule has 1 N–H and O–H groups in total. The molecule has 0 aliphatic heterocycles. The summed E-state index contributed by atoms with van der Waals surface area (Å²) in [6.45, 7) is -0.106. The smallest absolute Gasteiger partial charge is 0.101 e. The number of nitriles is 1. The number of aliphatic hydroxyl groups excluding tert-OH is 1. The zero-order chi connectivity index (χ0) is 7.40. The zero-order valence-corrected chi connectivity index (χ0v) is 5.28. The summed E-state index contributed by atoms with van der Waals surface area (Å²) in [5, 5.41) is 17.1. The van der Waals surface area contributed by atoms with E-state index in [1.807, 2.05) is 6.07 Å². The van der Waals surface area contributed by atoms with Crippen molar-refractivity contribution in [1.82, 2.24) is 4.98 Å². The van der Waals surface area contributed by atoms with Crippen LogP contribution >= 0.6 is 0 Å². The van der Waals surface area contributed by atoms with Gasteiger partial charge in [-0.3, -0.25) is 4.98 Å². The molecule has 0 aliphatic rings. The fourth-order valence-electron chi connectivity index (χ4n) is 0.662. The molecule has 3 nitrogen and oxygen atoms in total. The van der Waals surface area contributed by atoms with Gasteiger partial charge in [-0.05, 0) is 11.6 Å². The summed E-state index contributed by atoms with van der Waals surface area (Å²) in [7, 11) is 0. The van der Waals surface area contributed by atoms with E-state index in [0.717, 1.165) is 0 Å². The van der Waals surface area contributed by atoms with Crippen molar-refractivity contribution < 1.29 is 5.11 Å². The van der Waals surface area contributed by atoms with Crippen molar-refractivity contribution in [2.75, 3.05) is 0 Å². The summed E-state index contributed by atoms with van der Waals surface area (Å²) >= 11 is 0. The summed E-state index contributed by atoms with van der Waals surface area (Å²) in [5.74, 6) is 0. The highest BCUT2D eigenvalue weighted by atomic mass is 16.3. The number of aliphatic hydroxyl groups is 1. The summed E-state index contributed by atoms with van der Waals surface area (Å²) in [6, 6.07) is 3.55. The van der Waals surface area contributed by atoms with Gasteiger partial charge in [0.15, 0.2) is 0 Å². The Balaban J connectivity index is 3.12. The Morgan fingerprint density at radius 2 is 2.50 bits per heavy atom. The molecule has 0 aromatic carbocycles. The number of hydrogen-bond acceptors (Lipinski definition) is 3. The topological polar surface area (TPSA) is 56.9 Å². The molecule has 0 amide bonds. The van der Waals surface area contributed by atoms with Crippen molar-refractivity contribution in [3.63, 3.8) is 0 Å². The van der Waals surface area contributed by atoms with E-state index in [1.54, 1.807) is 12.3 Å². The molecule has 1 aromatic rings. The predicted octanol–water partition coefficient (Wildman–Crippen LogP) is 0.446. The highest BCUT2D eigenvalue weighted by molar-refractivity contribution is 5.33. The molecule has 3 heteroatoms. The lowest BCUT2D eigenvalue weighted by Gasteiger charge is -1.94. The van der Waals surface area contributed by atoms with Gasteiger partial charge in [0, 0.05) is 12.4 Å². The Bertz CT molecular complexity index is 265. The average molecular weight is 134 g/mol. The van der Waals surface area contributed by atoms with E-state index in [1.165, 1.54) is 6.20 Å². The van der Waals surface area contributed by atoms with Crippen molar-refractivity contribution in [3.05, 3.63) is 29.6 Å². The first-order valence-corrected chi connectivity index (χ1v) is 2.82. The molecule has 0 fully saturated rings. The molecule has 0 unspecified atom stereocenters. The van der Waals surface area contributed by atoms with Crippen molar-refractivity contribution in [2.45, 2.75) is 6.61 Å². The average Bonchev–Trinajstić information content (AvgIpc) is 2.04. The molecule has 1 aromatic heterocycles. The first kappa shape index (κ1) is 6.72. The number of rotatable bonds is 1. The van der Waals surface area contributed by atoms with Crippen LogP contribution < -0.4 is 0 Å². The van der Waals surface area contributed by atoms with Gasteiger partial charge in [-0.1, -0.05) is 0 Å². The minimum Gasteiger partial charge on any atom is -0.392 e. The van der Waals surface area contributed by atoms with E-state index >= 15 is 0 Å². The number of hydrogen-bond donors (Lipinski definition) is 1. The van der Waals surface area contributed by atoms with Gasteiger partial charge in [0.25, 0.3) is 0 Å². The van der Waals surface area contributed by atoms with Crippen LogP contribution in [0.4, 0.5) is 0 Å². The maximum Gasteiger partial charge on any atom is 0.101 e. The van der Waals surface area contributed by atoms with E-state index < -0.39 is 0 Å². The predicted molar refractivity (Wildman–Crippen MR) is 34.9 cm³/mol. The normalized spacial score (nSPS) is 8.80. The van der Waals surface area contributed by atoms with Crippen LogP contribution in [0.3, 0.4) is 0 Å². The maximum atomic E-state index is 8.67. The van der Waals surface area contributed by atoms with Crippen LogP contribution in [0, 0.1) is 11.3 Å². The Labute approximate surface area is 58.6 Å². The van der Waals surface area contributed by atoms with Crippen molar-refractivity contribution >= 4 is 0 Å². The summed E-state index contributed by atoms with van der Waals surface area (Å²) in [6.07, 6.45) is 2.98. The lowest BCUT2D eigenvalue weighted by atomic mass is 10.2. The van der Waals surface area contributed by atoms with Crippen LogP contribution in [0.1, 0.15) is 11.1 Å². The molecule has 0 spiro atoms. The van der Waals surface area contributed by atoms with Gasteiger partial charge < -0.3 is 5.11 Å². The zero-order valence-electron chi connectivity index (χ0n) is 5.28. The van der Waals surface area contributed by atoms with Crippen molar-refractivity contribution in [3.8, 4) is 6.07 Å². The van der Waals surface area contributed by atoms with Crippen LogP contribution in [0.25, 0.3) is 0 Å². The molecular weight excluding hydrogens is 128 g/mol. The number of nitrogens with zero attached hydrogens (tertiary/aromatic N) is 2. The summed E-state index contributed by atoms with van der Waals surface area (Å²) < 4.78 is 0. The molecule has 0 saturated heterocycles. The van der Waals surface area contributed by atoms with E-state index in [0.29, 0.717) is 11.1 Å². The first-order valence-electron chi connectivity index (χ1n) is 2.82. The minimum atomic E-state index is -0.106. The Morgan fingerprint density at radius 3 is 3.00 bits per heavy atom. The monoisotopic (exact) mass is 134 g/mol. The van der Waals surface area contributed by atoms with E-state index in [9.17, 15) is 0 Å². The molecule has 10 heavy (non-hydrogen) atoms. The lowest BCUT2D eigenvalue weighted by Crippen LogP contribution is -1.88. The van der Waals surface area contributed by atoms with Crippen LogP contribution in [-0.4, -0.2) is 10.1 Å². The molecule has 1 heterocycles. The van der Waals surface area contributed by atoms with E-state index in [2.05, 4.69) is 4.98 Å². The molecule has 0 bridgehead atoms. The fourth-order valence-corrected chi connectivity index (χ4v) is 0.662. The van der Waals surface area contributed by atoms with Crippen LogP contribution in [0.5, 0.6) is 0 Å². The van der Waals surface area contributed by atoms with E-state index in [-0.39, 0.29) is 6.61 Å². The highest BCUT2D eigenvalue weighted by Crippen LogP contribution is 2.03. The quantitative estimate of drug-likeness (QED) is 0.606. The van der Waals surface area contributed by atoms with Crippen molar-refractivity contribution in [2.24, 2.45) is 0 Å². The first-order chi connectivity index (χ1) is 4.88. The number of aromatic nitrogens is 1. The van der Waals surface area contributed by atoms with Gasteiger partial charge in [0.1, 0.15) is 6.07 Å². The van der Waals surface area contributed by atoms with Gasteiger partial charge in [0.05, 0.1) is 12.2 Å². The third-order valence-corrected chi connectivity index (χ3v) is 1.20. The Kier molecular flexibility index (Phi) is 1.98. The van der Waals surface area contributed by atoms with Gasteiger partial charge in [0.2, 0.25) is 0 Å². The van der Waals surface area contributed by atoms with Gasteiger partial charge in [-0.25, -0.2) is 0 Å². The summed E-state index contributed by atoms with van der Waals surface area (Å²) in [4.78, 5) is 3.73. The van der Waals surface area contributed by atoms with Crippen molar-refractivity contribution in [1.29, 1.82) is 5.26 Å². The molecular formula is C7H6N2O. The molecule has 50 valence electrons. The largest absolute Gasteiger partial charge is 0.392 e. The van der Waals surface area contributed by atoms with Crippen LogP contribution in [0.2, 0.25) is 0 Å². The third kappa shape index (κ3) is 1.12. The standard InChI is InChI=1S/C7H6N2O/c8-3-7-4-9-2-1-6(7)5-10/h1-2,4,10H,5H2. The Hall–Kier alpha value is -1.40. The second-order valence-electron chi connectivity index (χ2n) is 1.80. The highest BCUT2D eigenvalue weighted by Gasteiger charge is 1.96. The third-order valence-electron chi connectivity index (χ3n) is 1.20. The molecule has 0 atom stereocenters. The van der Waals surface area contributed by atoms with Crippen LogP contribution in [0.15, 0.2) is 18.5 Å². The molecule has 1 rings (SSSR count).